The normalized spacial score (nSPS) is 12.0. The van der Waals surface area contributed by atoms with E-state index in [0.717, 1.165) is 27.4 Å². The van der Waals surface area contributed by atoms with Gasteiger partial charge in [0.25, 0.3) is 0 Å². The van der Waals surface area contributed by atoms with Crippen LogP contribution < -0.4 is 5.32 Å². The third kappa shape index (κ3) is 3.84. The largest absolute Gasteiger partial charge is 0.306 e. The molecule has 1 N–H and O–H groups in total. The predicted octanol–water partition coefficient (Wildman–Crippen LogP) is 4.19. The van der Waals surface area contributed by atoms with E-state index in [1.807, 2.05) is 30.7 Å². The minimum atomic E-state index is 0.0161. The minimum Gasteiger partial charge on any atom is -0.306 e. The molecule has 21 heavy (non-hydrogen) atoms. The first-order chi connectivity index (χ1) is 9.69. The molecule has 2 rings (SSSR count). The van der Waals surface area contributed by atoms with Gasteiger partial charge in [-0.1, -0.05) is 11.6 Å². The van der Waals surface area contributed by atoms with Gasteiger partial charge in [0.15, 0.2) is 5.82 Å². The Morgan fingerprint density at radius 2 is 1.95 bits per heavy atom. The smallest absolute Gasteiger partial charge is 0.154 e. The minimum absolute atomic E-state index is 0.0161. The number of nitrogens with one attached hydrogen (secondary N) is 1. The number of halogens is 2. The third-order valence-corrected chi connectivity index (χ3v) is 4.60. The molecule has 0 saturated carbocycles. The molecule has 2 heterocycles. The van der Waals surface area contributed by atoms with Crippen molar-refractivity contribution < 1.29 is 0 Å². The average Bonchev–Trinajstić information content (AvgIpc) is 2.65. The Kier molecular flexibility index (Phi) is 4.76. The van der Waals surface area contributed by atoms with Crippen LogP contribution in [0.2, 0.25) is 5.02 Å². The second kappa shape index (κ2) is 6.07. The zero-order chi connectivity index (χ0) is 15.8. The van der Waals surface area contributed by atoms with Gasteiger partial charge in [0.2, 0.25) is 0 Å². The molecule has 0 aliphatic rings. The van der Waals surface area contributed by atoms with Crippen molar-refractivity contribution in [3.63, 3.8) is 0 Å². The Balaban J connectivity index is 2.36. The molecule has 0 unspecified atom stereocenters. The molecule has 0 spiro atoms. The number of aryl methyl sites for hydroxylation is 1. The molecule has 0 atom stereocenters. The molecular weight excluding hydrogens is 352 g/mol. The molecular formula is C15H20BrClN4. The van der Waals surface area contributed by atoms with E-state index in [4.69, 9.17) is 11.6 Å². The topological polar surface area (TPSA) is 42.7 Å². The highest BCUT2D eigenvalue weighted by atomic mass is 79.9. The molecule has 0 fully saturated rings. The lowest BCUT2D eigenvalue weighted by Gasteiger charge is -2.20. The van der Waals surface area contributed by atoms with E-state index in [1.54, 1.807) is 0 Å². The van der Waals surface area contributed by atoms with E-state index >= 15 is 0 Å². The lowest BCUT2D eigenvalue weighted by molar-refractivity contribution is 0.421. The van der Waals surface area contributed by atoms with Crippen molar-refractivity contribution in [1.29, 1.82) is 0 Å². The summed E-state index contributed by atoms with van der Waals surface area (Å²) in [6, 6.07) is 3.75. The number of hydrogen-bond donors (Lipinski definition) is 1. The fourth-order valence-electron chi connectivity index (χ4n) is 1.91. The highest BCUT2D eigenvalue weighted by Gasteiger charge is 2.14. The van der Waals surface area contributed by atoms with Crippen molar-refractivity contribution in [2.24, 2.45) is 0 Å². The molecule has 2 aromatic heterocycles. The van der Waals surface area contributed by atoms with Gasteiger partial charge in [0, 0.05) is 12.1 Å². The summed E-state index contributed by atoms with van der Waals surface area (Å²) < 4.78 is 2.84. The van der Waals surface area contributed by atoms with Gasteiger partial charge in [-0.3, -0.25) is 0 Å². The predicted molar refractivity (Wildman–Crippen MR) is 90.1 cm³/mol. The van der Waals surface area contributed by atoms with E-state index in [1.165, 1.54) is 0 Å². The van der Waals surface area contributed by atoms with Crippen LogP contribution in [0.3, 0.4) is 0 Å². The third-order valence-electron chi connectivity index (χ3n) is 3.11. The van der Waals surface area contributed by atoms with E-state index in [0.29, 0.717) is 11.6 Å². The Morgan fingerprint density at radius 1 is 1.29 bits per heavy atom. The zero-order valence-electron chi connectivity index (χ0n) is 13.0. The summed E-state index contributed by atoms with van der Waals surface area (Å²) in [6.45, 7) is 10.9. The van der Waals surface area contributed by atoms with Gasteiger partial charge in [-0.25, -0.2) is 9.67 Å². The fraction of sp³-hybridized carbons (Fsp3) is 0.467. The second-order valence-electron chi connectivity index (χ2n) is 6.10. The van der Waals surface area contributed by atoms with Crippen LogP contribution in [-0.4, -0.2) is 20.3 Å². The van der Waals surface area contributed by atoms with Crippen molar-refractivity contribution in [2.45, 2.75) is 46.7 Å². The van der Waals surface area contributed by atoms with Crippen LogP contribution in [0.4, 0.5) is 0 Å². The van der Waals surface area contributed by atoms with Gasteiger partial charge in [0.1, 0.15) is 0 Å². The highest BCUT2D eigenvalue weighted by Crippen LogP contribution is 2.24. The van der Waals surface area contributed by atoms with E-state index in [9.17, 15) is 0 Å². The van der Waals surface area contributed by atoms with Gasteiger partial charge >= 0.3 is 0 Å². The van der Waals surface area contributed by atoms with Crippen molar-refractivity contribution in [1.82, 2.24) is 20.1 Å². The lowest BCUT2D eigenvalue weighted by atomic mass is 10.1. The lowest BCUT2D eigenvalue weighted by Crippen LogP contribution is -2.35. The number of hydrogen-bond acceptors (Lipinski definition) is 3. The van der Waals surface area contributed by atoms with Crippen LogP contribution in [0.25, 0.3) is 5.82 Å². The maximum absolute atomic E-state index is 6.25. The standard InChI is InChI=1S/C15H20BrClN4/c1-9-14(16)10(2)21(20-9)13-7-6-11(17)12(19-13)8-18-15(3,4)5/h6-7,18H,8H2,1-5H3. The van der Waals surface area contributed by atoms with Crippen LogP contribution in [0.15, 0.2) is 16.6 Å². The van der Waals surface area contributed by atoms with E-state index < -0.39 is 0 Å². The molecule has 2 aromatic rings. The van der Waals surface area contributed by atoms with Crippen molar-refractivity contribution in [2.75, 3.05) is 0 Å². The van der Waals surface area contributed by atoms with Gasteiger partial charge < -0.3 is 5.32 Å². The summed E-state index contributed by atoms with van der Waals surface area (Å²) >= 11 is 9.78. The average molecular weight is 372 g/mol. The molecule has 114 valence electrons. The summed E-state index contributed by atoms with van der Waals surface area (Å²) in [7, 11) is 0. The maximum atomic E-state index is 6.25. The van der Waals surface area contributed by atoms with Gasteiger partial charge in [-0.05, 0) is 62.7 Å². The number of nitrogens with zero attached hydrogens (tertiary/aromatic N) is 3. The summed E-state index contributed by atoms with van der Waals surface area (Å²) in [6.07, 6.45) is 0. The van der Waals surface area contributed by atoms with E-state index in [2.05, 4.69) is 52.1 Å². The maximum Gasteiger partial charge on any atom is 0.154 e. The Bertz CT molecular complexity index is 658. The van der Waals surface area contributed by atoms with Crippen molar-refractivity contribution in [3.8, 4) is 5.82 Å². The zero-order valence-corrected chi connectivity index (χ0v) is 15.3. The quantitative estimate of drug-likeness (QED) is 0.880. The van der Waals surface area contributed by atoms with Crippen LogP contribution in [0.5, 0.6) is 0 Å². The summed E-state index contributed by atoms with van der Waals surface area (Å²) in [4.78, 5) is 4.65. The molecule has 4 nitrogen and oxygen atoms in total. The first kappa shape index (κ1) is 16.5. The summed E-state index contributed by atoms with van der Waals surface area (Å²) in [5.74, 6) is 0.774. The van der Waals surface area contributed by atoms with Crippen LogP contribution in [-0.2, 0) is 6.54 Å². The molecule has 0 amide bonds. The Labute approximate surface area is 139 Å². The number of aromatic nitrogens is 3. The molecule has 0 aromatic carbocycles. The number of pyridine rings is 1. The molecule has 0 saturated heterocycles. The Hall–Kier alpha value is -0.910. The van der Waals surface area contributed by atoms with Gasteiger partial charge in [-0.15, -0.1) is 0 Å². The molecule has 0 aliphatic heterocycles. The van der Waals surface area contributed by atoms with E-state index in [-0.39, 0.29) is 5.54 Å². The second-order valence-corrected chi connectivity index (χ2v) is 7.30. The molecule has 0 bridgehead atoms. The molecule has 0 radical (unpaired) electrons. The van der Waals surface area contributed by atoms with Gasteiger partial charge in [0.05, 0.1) is 26.6 Å². The van der Waals surface area contributed by atoms with Crippen molar-refractivity contribution >= 4 is 27.5 Å². The van der Waals surface area contributed by atoms with Crippen LogP contribution >= 0.6 is 27.5 Å². The Morgan fingerprint density at radius 3 is 2.48 bits per heavy atom. The fourth-order valence-corrected chi connectivity index (χ4v) is 2.33. The highest BCUT2D eigenvalue weighted by molar-refractivity contribution is 9.10. The summed E-state index contributed by atoms with van der Waals surface area (Å²) in [5.41, 5.74) is 2.81. The van der Waals surface area contributed by atoms with Crippen LogP contribution in [0, 0.1) is 13.8 Å². The van der Waals surface area contributed by atoms with Crippen molar-refractivity contribution in [3.05, 3.63) is 38.7 Å². The van der Waals surface area contributed by atoms with Crippen LogP contribution in [0.1, 0.15) is 37.9 Å². The molecule has 0 aliphatic carbocycles. The SMILES string of the molecule is Cc1nn(-c2ccc(Cl)c(CNC(C)(C)C)n2)c(C)c1Br. The molecule has 6 heteroatoms. The first-order valence-corrected chi connectivity index (χ1v) is 7.98. The monoisotopic (exact) mass is 370 g/mol. The first-order valence-electron chi connectivity index (χ1n) is 6.81. The number of rotatable bonds is 3. The van der Waals surface area contributed by atoms with Gasteiger partial charge in [-0.2, -0.15) is 5.10 Å². The summed E-state index contributed by atoms with van der Waals surface area (Å²) in [5, 5.41) is 8.57.